The average Bonchev–Trinajstić information content (AvgIpc) is 3.28. The molecule has 2 aliphatic heterocycles. The van der Waals surface area contributed by atoms with E-state index in [1.54, 1.807) is 16.4 Å². The third-order valence-corrected chi connectivity index (χ3v) is 8.22. The average molecular weight is 466 g/mol. The Balaban J connectivity index is 1.60. The van der Waals surface area contributed by atoms with Crippen LogP contribution in [0.4, 0.5) is 0 Å². The predicted octanol–water partition coefficient (Wildman–Crippen LogP) is 3.96. The molecule has 0 spiro atoms. The molecule has 5 rings (SSSR count). The van der Waals surface area contributed by atoms with Gasteiger partial charge in [-0.2, -0.15) is 4.31 Å². The highest BCUT2D eigenvalue weighted by molar-refractivity contribution is 7.89. The van der Waals surface area contributed by atoms with E-state index in [2.05, 4.69) is 0 Å². The SMILES string of the molecule is COc1cc2c(cc1S(=O)(=O)N1Cc3ccccc3COCC1Cc1ccccc1)OCC2. The zero-order valence-electron chi connectivity index (χ0n) is 18.6. The molecule has 0 aliphatic carbocycles. The van der Waals surface area contributed by atoms with Gasteiger partial charge in [-0.15, -0.1) is 0 Å². The summed E-state index contributed by atoms with van der Waals surface area (Å²) >= 11 is 0. The Morgan fingerprint density at radius 1 is 1.00 bits per heavy atom. The molecule has 0 amide bonds. The minimum Gasteiger partial charge on any atom is -0.495 e. The highest BCUT2D eigenvalue weighted by atomic mass is 32.2. The van der Waals surface area contributed by atoms with Gasteiger partial charge in [-0.25, -0.2) is 8.42 Å². The van der Waals surface area contributed by atoms with Gasteiger partial charge in [-0.1, -0.05) is 54.6 Å². The van der Waals surface area contributed by atoms with Crippen molar-refractivity contribution in [1.82, 2.24) is 4.31 Å². The second kappa shape index (κ2) is 9.17. The van der Waals surface area contributed by atoms with Gasteiger partial charge in [0.15, 0.2) is 0 Å². The van der Waals surface area contributed by atoms with Crippen LogP contribution in [0.15, 0.2) is 71.6 Å². The van der Waals surface area contributed by atoms with E-state index in [0.29, 0.717) is 37.7 Å². The summed E-state index contributed by atoms with van der Waals surface area (Å²) in [6.45, 7) is 1.57. The van der Waals surface area contributed by atoms with Gasteiger partial charge >= 0.3 is 0 Å². The maximum atomic E-state index is 14.2. The summed E-state index contributed by atoms with van der Waals surface area (Å²) in [4.78, 5) is 0.127. The van der Waals surface area contributed by atoms with Crippen molar-refractivity contribution >= 4 is 10.0 Å². The first-order valence-electron chi connectivity index (χ1n) is 11.1. The summed E-state index contributed by atoms with van der Waals surface area (Å²) in [6, 6.07) is 20.8. The van der Waals surface area contributed by atoms with Crippen LogP contribution in [0.1, 0.15) is 22.3 Å². The van der Waals surface area contributed by atoms with Crippen molar-refractivity contribution in [2.75, 3.05) is 20.3 Å². The number of fused-ring (bicyclic) bond motifs is 2. The van der Waals surface area contributed by atoms with Crippen molar-refractivity contribution in [2.24, 2.45) is 0 Å². The van der Waals surface area contributed by atoms with Gasteiger partial charge in [0, 0.05) is 24.6 Å². The molecule has 1 unspecified atom stereocenters. The molecule has 6 nitrogen and oxygen atoms in total. The van der Waals surface area contributed by atoms with Crippen LogP contribution in [0.2, 0.25) is 0 Å². The molecule has 3 aromatic carbocycles. The second-order valence-electron chi connectivity index (χ2n) is 8.39. The molecule has 172 valence electrons. The molecule has 0 bridgehead atoms. The molecule has 7 heteroatoms. The Kier molecular flexibility index (Phi) is 6.10. The number of methoxy groups -OCH3 is 1. The zero-order valence-corrected chi connectivity index (χ0v) is 19.4. The Hall–Kier alpha value is -2.87. The van der Waals surface area contributed by atoms with Gasteiger partial charge in [-0.3, -0.25) is 0 Å². The van der Waals surface area contributed by atoms with Crippen LogP contribution in [0, 0.1) is 0 Å². The topological polar surface area (TPSA) is 65.1 Å². The van der Waals surface area contributed by atoms with Crippen LogP contribution in [0.5, 0.6) is 11.5 Å². The molecule has 33 heavy (non-hydrogen) atoms. The number of benzene rings is 3. The number of hydrogen-bond acceptors (Lipinski definition) is 5. The molecule has 0 fully saturated rings. The smallest absolute Gasteiger partial charge is 0.247 e. The van der Waals surface area contributed by atoms with Crippen molar-refractivity contribution in [3.63, 3.8) is 0 Å². The summed E-state index contributed by atoms with van der Waals surface area (Å²) in [5, 5.41) is 0. The highest BCUT2D eigenvalue weighted by Crippen LogP contribution is 2.38. The lowest BCUT2D eigenvalue weighted by molar-refractivity contribution is 0.0673. The number of sulfonamides is 1. The van der Waals surface area contributed by atoms with E-state index in [0.717, 1.165) is 28.7 Å². The number of hydrogen-bond donors (Lipinski definition) is 0. The molecule has 0 radical (unpaired) electrons. The maximum absolute atomic E-state index is 14.2. The Morgan fingerprint density at radius 3 is 2.55 bits per heavy atom. The van der Waals surface area contributed by atoms with Crippen molar-refractivity contribution in [2.45, 2.75) is 36.9 Å². The summed E-state index contributed by atoms with van der Waals surface area (Å²) in [7, 11) is -2.43. The highest BCUT2D eigenvalue weighted by Gasteiger charge is 2.36. The van der Waals surface area contributed by atoms with Crippen molar-refractivity contribution in [3.8, 4) is 11.5 Å². The van der Waals surface area contributed by atoms with E-state index in [-0.39, 0.29) is 17.5 Å². The van der Waals surface area contributed by atoms with Crippen LogP contribution in [0.25, 0.3) is 0 Å². The molecule has 0 N–H and O–H groups in total. The fraction of sp³-hybridized carbons (Fsp3) is 0.308. The Morgan fingerprint density at radius 2 is 1.76 bits per heavy atom. The quantitative estimate of drug-likeness (QED) is 0.571. The first-order valence-corrected chi connectivity index (χ1v) is 12.5. The molecule has 3 aromatic rings. The fourth-order valence-corrected chi connectivity index (χ4v) is 6.28. The van der Waals surface area contributed by atoms with Crippen LogP contribution in [0.3, 0.4) is 0 Å². The normalized spacial score (nSPS) is 18.5. The zero-order chi connectivity index (χ0) is 22.8. The van der Waals surface area contributed by atoms with Gasteiger partial charge in [0.25, 0.3) is 0 Å². The van der Waals surface area contributed by atoms with E-state index < -0.39 is 10.0 Å². The molecule has 1 atom stereocenters. The lowest BCUT2D eigenvalue weighted by Crippen LogP contribution is -2.45. The number of rotatable bonds is 5. The first-order chi connectivity index (χ1) is 16.1. The molecular weight excluding hydrogens is 438 g/mol. The molecule has 0 aromatic heterocycles. The van der Waals surface area contributed by atoms with Crippen molar-refractivity contribution in [3.05, 3.63) is 89.0 Å². The summed E-state index contributed by atoms with van der Waals surface area (Å²) in [5.74, 6) is 0.951. The Bertz CT molecular complexity index is 1240. The van der Waals surface area contributed by atoms with Crippen LogP contribution < -0.4 is 9.47 Å². The first kappa shape index (κ1) is 21.9. The second-order valence-corrected chi connectivity index (χ2v) is 10.2. The third-order valence-electron chi connectivity index (χ3n) is 6.30. The molecule has 2 heterocycles. The molecule has 0 saturated carbocycles. The van der Waals surface area contributed by atoms with Crippen LogP contribution in [-0.4, -0.2) is 39.1 Å². The number of nitrogens with zero attached hydrogens (tertiary/aromatic N) is 1. The van der Waals surface area contributed by atoms with Gasteiger partial charge in [0.05, 0.1) is 33.0 Å². The van der Waals surface area contributed by atoms with E-state index in [1.807, 2.05) is 54.6 Å². The Labute approximate surface area is 194 Å². The minimum absolute atomic E-state index is 0.127. The fourth-order valence-electron chi connectivity index (χ4n) is 4.54. The molecule has 0 saturated heterocycles. The largest absolute Gasteiger partial charge is 0.495 e. The van der Waals surface area contributed by atoms with E-state index in [4.69, 9.17) is 14.2 Å². The van der Waals surface area contributed by atoms with Gasteiger partial charge in [0.1, 0.15) is 16.4 Å². The molecular formula is C26H27NO5S. The van der Waals surface area contributed by atoms with Crippen LogP contribution >= 0.6 is 0 Å². The minimum atomic E-state index is -3.93. The lowest BCUT2D eigenvalue weighted by Gasteiger charge is -2.34. The van der Waals surface area contributed by atoms with Gasteiger partial charge in [-0.05, 0) is 29.2 Å². The summed E-state index contributed by atoms with van der Waals surface area (Å²) in [5.41, 5.74) is 3.97. The van der Waals surface area contributed by atoms with Crippen LogP contribution in [-0.2, 0) is 40.8 Å². The standard InChI is InChI=1S/C26H27NO5S/c1-30-25-14-20-11-12-32-24(20)15-26(25)33(28,29)27-16-21-9-5-6-10-22(21)17-31-18-23(27)13-19-7-3-2-4-8-19/h2-10,14-15,23H,11-13,16-18H2,1H3. The van der Waals surface area contributed by atoms with Gasteiger partial charge < -0.3 is 14.2 Å². The van der Waals surface area contributed by atoms with Crippen molar-refractivity contribution < 1.29 is 22.6 Å². The predicted molar refractivity (Wildman–Crippen MR) is 125 cm³/mol. The van der Waals surface area contributed by atoms with E-state index in [9.17, 15) is 8.42 Å². The van der Waals surface area contributed by atoms with Crippen molar-refractivity contribution in [1.29, 1.82) is 0 Å². The monoisotopic (exact) mass is 465 g/mol. The van der Waals surface area contributed by atoms with E-state index in [1.165, 1.54) is 7.11 Å². The molecule has 2 aliphatic rings. The number of ether oxygens (including phenoxy) is 3. The van der Waals surface area contributed by atoms with E-state index >= 15 is 0 Å². The third kappa shape index (κ3) is 4.36. The van der Waals surface area contributed by atoms with Gasteiger partial charge in [0.2, 0.25) is 10.0 Å². The lowest BCUT2D eigenvalue weighted by atomic mass is 10.0. The summed E-state index contributed by atoms with van der Waals surface area (Å²) < 4.78 is 47.2. The maximum Gasteiger partial charge on any atom is 0.247 e. The summed E-state index contributed by atoms with van der Waals surface area (Å²) in [6.07, 6.45) is 1.29.